The molecule has 3 rings (SSSR count). The minimum atomic E-state index is -0.0239. The first kappa shape index (κ1) is 13.1. The maximum absolute atomic E-state index is 6.34. The van der Waals surface area contributed by atoms with E-state index in [9.17, 15) is 0 Å². The largest absolute Gasteiger partial charge is 0.228 e. The molecule has 102 valence electrons. The Hall–Kier alpha value is -1.87. The molecule has 0 saturated heterocycles. The predicted octanol–water partition coefficient (Wildman–Crippen LogP) is 4.35. The zero-order valence-corrected chi connectivity index (χ0v) is 12.5. The van der Waals surface area contributed by atoms with Gasteiger partial charge in [0.1, 0.15) is 5.15 Å². The molecule has 2 heterocycles. The van der Waals surface area contributed by atoms with Crippen molar-refractivity contribution in [2.24, 2.45) is 0 Å². The highest BCUT2D eigenvalue weighted by atomic mass is 35.5. The third kappa shape index (κ3) is 2.29. The SMILES string of the molecule is CC(C)(C)c1cc2nc(-c3ccccc3)cc(Cl)n2n1. The Morgan fingerprint density at radius 2 is 1.75 bits per heavy atom. The molecule has 0 radical (unpaired) electrons. The number of rotatable bonds is 1. The van der Waals surface area contributed by atoms with Crippen LogP contribution in [0.15, 0.2) is 42.5 Å². The number of hydrogen-bond donors (Lipinski definition) is 0. The fourth-order valence-corrected chi connectivity index (χ4v) is 2.29. The van der Waals surface area contributed by atoms with Gasteiger partial charge in [0, 0.05) is 23.1 Å². The van der Waals surface area contributed by atoms with Gasteiger partial charge in [0.2, 0.25) is 0 Å². The molecule has 0 spiro atoms. The van der Waals surface area contributed by atoms with E-state index in [1.54, 1.807) is 4.52 Å². The summed E-state index contributed by atoms with van der Waals surface area (Å²) in [7, 11) is 0. The number of benzene rings is 1. The summed E-state index contributed by atoms with van der Waals surface area (Å²) in [4.78, 5) is 4.66. The second-order valence-electron chi connectivity index (χ2n) is 5.88. The third-order valence-electron chi connectivity index (χ3n) is 3.22. The number of aromatic nitrogens is 3. The minimum Gasteiger partial charge on any atom is -0.228 e. The van der Waals surface area contributed by atoms with Crippen LogP contribution in [0.5, 0.6) is 0 Å². The quantitative estimate of drug-likeness (QED) is 0.622. The standard InChI is InChI=1S/C16H16ClN3/c1-16(2,3)13-10-15-18-12(9-14(17)20(15)19-13)11-7-5-4-6-8-11/h4-10H,1-3H3. The van der Waals surface area contributed by atoms with Crippen molar-refractivity contribution >= 4 is 17.2 Å². The highest BCUT2D eigenvalue weighted by molar-refractivity contribution is 6.30. The summed E-state index contributed by atoms with van der Waals surface area (Å²) in [5.74, 6) is 0. The molecule has 0 unspecified atom stereocenters. The summed E-state index contributed by atoms with van der Waals surface area (Å²) in [6.45, 7) is 6.38. The van der Waals surface area contributed by atoms with E-state index in [1.165, 1.54) is 0 Å². The van der Waals surface area contributed by atoms with Crippen LogP contribution in [0.3, 0.4) is 0 Å². The van der Waals surface area contributed by atoms with Gasteiger partial charge < -0.3 is 0 Å². The number of fused-ring (bicyclic) bond motifs is 1. The van der Waals surface area contributed by atoms with E-state index in [1.807, 2.05) is 42.5 Å². The van der Waals surface area contributed by atoms with E-state index in [0.29, 0.717) is 5.15 Å². The van der Waals surface area contributed by atoms with Crippen LogP contribution in [0.2, 0.25) is 5.15 Å². The Bertz CT molecular complexity index is 754. The average Bonchev–Trinajstić information content (AvgIpc) is 2.84. The van der Waals surface area contributed by atoms with Crippen LogP contribution < -0.4 is 0 Å². The van der Waals surface area contributed by atoms with Crippen molar-refractivity contribution in [1.82, 2.24) is 14.6 Å². The van der Waals surface area contributed by atoms with Crippen molar-refractivity contribution in [3.8, 4) is 11.3 Å². The molecule has 0 aliphatic carbocycles. The normalized spacial score (nSPS) is 12.0. The molecule has 2 aromatic heterocycles. The predicted molar refractivity (Wildman–Crippen MR) is 82.1 cm³/mol. The summed E-state index contributed by atoms with van der Waals surface area (Å²) >= 11 is 6.34. The lowest BCUT2D eigenvalue weighted by Crippen LogP contribution is -2.11. The van der Waals surface area contributed by atoms with Crippen LogP contribution in [0.25, 0.3) is 16.9 Å². The van der Waals surface area contributed by atoms with Gasteiger partial charge in [-0.1, -0.05) is 62.7 Å². The third-order valence-corrected chi connectivity index (χ3v) is 3.49. The van der Waals surface area contributed by atoms with Gasteiger partial charge in [-0.3, -0.25) is 0 Å². The lowest BCUT2D eigenvalue weighted by atomic mass is 9.93. The maximum atomic E-state index is 6.34. The van der Waals surface area contributed by atoms with E-state index in [0.717, 1.165) is 22.6 Å². The van der Waals surface area contributed by atoms with E-state index < -0.39 is 0 Å². The lowest BCUT2D eigenvalue weighted by Gasteiger charge is -2.13. The maximum Gasteiger partial charge on any atom is 0.157 e. The summed E-state index contributed by atoms with van der Waals surface area (Å²) in [5.41, 5.74) is 3.65. The van der Waals surface area contributed by atoms with E-state index in [2.05, 4.69) is 30.9 Å². The zero-order valence-electron chi connectivity index (χ0n) is 11.8. The van der Waals surface area contributed by atoms with Crippen LogP contribution in [0.1, 0.15) is 26.5 Å². The van der Waals surface area contributed by atoms with Gasteiger partial charge in [-0.2, -0.15) is 5.10 Å². The topological polar surface area (TPSA) is 30.2 Å². The minimum absolute atomic E-state index is 0.0239. The molecule has 0 saturated carbocycles. The fourth-order valence-electron chi connectivity index (χ4n) is 2.06. The van der Waals surface area contributed by atoms with Crippen molar-refractivity contribution in [1.29, 1.82) is 0 Å². The Labute approximate surface area is 123 Å². The second-order valence-corrected chi connectivity index (χ2v) is 6.27. The Kier molecular flexibility index (Phi) is 3.02. The zero-order chi connectivity index (χ0) is 14.3. The first-order valence-electron chi connectivity index (χ1n) is 6.57. The smallest absolute Gasteiger partial charge is 0.157 e. The first-order chi connectivity index (χ1) is 9.45. The van der Waals surface area contributed by atoms with Crippen molar-refractivity contribution in [3.63, 3.8) is 0 Å². The molecule has 1 aromatic carbocycles. The molecule has 0 aliphatic heterocycles. The molecule has 4 heteroatoms. The summed E-state index contributed by atoms with van der Waals surface area (Å²) in [5, 5.41) is 5.11. The molecular formula is C16H16ClN3. The highest BCUT2D eigenvalue weighted by Gasteiger charge is 2.19. The van der Waals surface area contributed by atoms with Gasteiger partial charge in [0.05, 0.1) is 11.4 Å². The average molecular weight is 286 g/mol. The van der Waals surface area contributed by atoms with Gasteiger partial charge in [0.25, 0.3) is 0 Å². The Balaban J connectivity index is 2.19. The summed E-state index contributed by atoms with van der Waals surface area (Å²) < 4.78 is 1.69. The van der Waals surface area contributed by atoms with Crippen LogP contribution in [0.4, 0.5) is 0 Å². The summed E-state index contributed by atoms with van der Waals surface area (Å²) in [6.07, 6.45) is 0. The monoisotopic (exact) mass is 285 g/mol. The highest BCUT2D eigenvalue weighted by Crippen LogP contribution is 2.26. The van der Waals surface area contributed by atoms with E-state index >= 15 is 0 Å². The molecular weight excluding hydrogens is 270 g/mol. The number of hydrogen-bond acceptors (Lipinski definition) is 2. The second kappa shape index (κ2) is 4.60. The molecule has 0 amide bonds. The Morgan fingerprint density at radius 1 is 1.05 bits per heavy atom. The van der Waals surface area contributed by atoms with Gasteiger partial charge in [-0.25, -0.2) is 9.50 Å². The molecule has 3 aromatic rings. The molecule has 0 fully saturated rings. The molecule has 3 nitrogen and oxygen atoms in total. The number of halogens is 1. The van der Waals surface area contributed by atoms with Gasteiger partial charge in [-0.05, 0) is 0 Å². The molecule has 20 heavy (non-hydrogen) atoms. The van der Waals surface area contributed by atoms with Gasteiger partial charge >= 0.3 is 0 Å². The van der Waals surface area contributed by atoms with Crippen LogP contribution in [-0.2, 0) is 5.41 Å². The van der Waals surface area contributed by atoms with Crippen LogP contribution in [0, 0.1) is 0 Å². The molecule has 0 atom stereocenters. The van der Waals surface area contributed by atoms with Crippen LogP contribution in [-0.4, -0.2) is 14.6 Å². The summed E-state index contributed by atoms with van der Waals surface area (Å²) in [6, 6.07) is 13.9. The van der Waals surface area contributed by atoms with E-state index in [-0.39, 0.29) is 5.41 Å². The molecule has 0 N–H and O–H groups in total. The number of nitrogens with zero attached hydrogens (tertiary/aromatic N) is 3. The molecule has 0 bridgehead atoms. The lowest BCUT2D eigenvalue weighted by molar-refractivity contribution is 0.562. The van der Waals surface area contributed by atoms with Crippen molar-refractivity contribution in [2.45, 2.75) is 26.2 Å². The first-order valence-corrected chi connectivity index (χ1v) is 6.95. The van der Waals surface area contributed by atoms with Crippen molar-refractivity contribution in [3.05, 3.63) is 53.3 Å². The Morgan fingerprint density at radius 3 is 2.40 bits per heavy atom. The fraction of sp³-hybridized carbons (Fsp3) is 0.250. The van der Waals surface area contributed by atoms with Crippen molar-refractivity contribution < 1.29 is 0 Å². The van der Waals surface area contributed by atoms with Gasteiger partial charge in [-0.15, -0.1) is 0 Å². The van der Waals surface area contributed by atoms with E-state index in [4.69, 9.17) is 11.6 Å². The van der Waals surface area contributed by atoms with Gasteiger partial charge in [0.15, 0.2) is 5.65 Å². The molecule has 0 aliphatic rings. The van der Waals surface area contributed by atoms with Crippen molar-refractivity contribution in [2.75, 3.05) is 0 Å². The van der Waals surface area contributed by atoms with Crippen LogP contribution >= 0.6 is 11.6 Å².